The highest BCUT2D eigenvalue weighted by atomic mass is 35.5. The number of ketones is 1. The molecule has 0 aliphatic heterocycles. The molecule has 1 aromatic carbocycles. The monoisotopic (exact) mass is 376 g/mol. The first-order chi connectivity index (χ1) is 12.2. The molecule has 1 aromatic heterocycles. The fraction of sp³-hybridized carbons (Fsp3) is 0.619. The van der Waals surface area contributed by atoms with Gasteiger partial charge in [-0.15, -0.1) is 12.4 Å². The van der Waals surface area contributed by atoms with Crippen LogP contribution in [0.3, 0.4) is 0 Å². The normalized spacial score (nSPS) is 17.1. The summed E-state index contributed by atoms with van der Waals surface area (Å²) in [5, 5.41) is 5.81. The average Bonchev–Trinajstić information content (AvgIpc) is 3.28. The van der Waals surface area contributed by atoms with E-state index in [1.807, 2.05) is 12.1 Å². The number of hydrogen-bond acceptors (Lipinski definition) is 3. The molecule has 0 radical (unpaired) electrons. The Kier molecular flexibility index (Phi) is 6.36. The van der Waals surface area contributed by atoms with E-state index in [0.717, 1.165) is 53.4 Å². The first-order valence-corrected chi connectivity index (χ1v) is 9.78. The molecule has 2 saturated carbocycles. The van der Waals surface area contributed by atoms with Gasteiger partial charge in [-0.05, 0) is 68.6 Å². The van der Waals surface area contributed by atoms with Crippen LogP contribution in [-0.4, -0.2) is 28.8 Å². The number of aromatic nitrogens is 2. The van der Waals surface area contributed by atoms with Crippen LogP contribution in [-0.2, 0) is 11.3 Å². The van der Waals surface area contributed by atoms with Gasteiger partial charge in [0, 0.05) is 43.3 Å². The summed E-state index contributed by atoms with van der Waals surface area (Å²) in [6, 6.07) is 3.95. The first-order valence-electron chi connectivity index (χ1n) is 9.78. The van der Waals surface area contributed by atoms with Crippen molar-refractivity contribution in [1.29, 1.82) is 0 Å². The Morgan fingerprint density at radius 3 is 2.73 bits per heavy atom. The zero-order valence-electron chi connectivity index (χ0n) is 15.6. The lowest BCUT2D eigenvalue weighted by Crippen LogP contribution is -2.18. The molecule has 4 nitrogen and oxygen atoms in total. The number of carbonyl (C=O) groups is 1. The molecule has 2 aliphatic rings. The van der Waals surface area contributed by atoms with Crippen molar-refractivity contribution in [3.8, 4) is 0 Å². The topological polar surface area (TPSA) is 44.1 Å². The molecule has 26 heavy (non-hydrogen) atoms. The number of ether oxygens (including phenoxy) is 1. The third-order valence-electron chi connectivity index (χ3n) is 5.72. The van der Waals surface area contributed by atoms with Gasteiger partial charge in [0.1, 0.15) is 0 Å². The highest BCUT2D eigenvalue weighted by molar-refractivity contribution is 6.01. The molecule has 2 fully saturated rings. The maximum atomic E-state index is 12.6. The van der Waals surface area contributed by atoms with Crippen molar-refractivity contribution in [3.05, 3.63) is 29.5 Å². The Labute approximate surface area is 161 Å². The summed E-state index contributed by atoms with van der Waals surface area (Å²) in [5.41, 5.74) is 2.92. The van der Waals surface area contributed by atoms with Gasteiger partial charge >= 0.3 is 0 Å². The number of Topliss-reactive ketones (excluding diaryl/α,β-unsaturated/α-hetero) is 1. The average molecular weight is 377 g/mol. The Hall–Kier alpha value is -1.39. The molecular formula is C21H29ClN2O2. The van der Waals surface area contributed by atoms with Crippen molar-refractivity contribution in [1.82, 2.24) is 9.78 Å². The van der Waals surface area contributed by atoms with Gasteiger partial charge in [-0.3, -0.25) is 9.48 Å². The number of fused-ring (bicyclic) bond motifs is 1. The van der Waals surface area contributed by atoms with Crippen molar-refractivity contribution < 1.29 is 9.53 Å². The van der Waals surface area contributed by atoms with Crippen LogP contribution in [0.15, 0.2) is 18.3 Å². The van der Waals surface area contributed by atoms with Gasteiger partial charge < -0.3 is 4.74 Å². The Bertz CT molecular complexity index is 763. The molecule has 4 rings (SSSR count). The molecule has 0 N–H and O–H groups in total. The summed E-state index contributed by atoms with van der Waals surface area (Å²) in [4.78, 5) is 12.6. The smallest absolute Gasteiger partial charge is 0.163 e. The Morgan fingerprint density at radius 2 is 2.04 bits per heavy atom. The standard InChI is InChI=1S/C21H28N2O2.ClH/c1-15-18(21(24)6-3-11-25-14-17-7-8-17)9-10-20-19(15)13-23(22-20)12-16-4-2-5-16;/h9-10,13,16-17H,2-8,11-12,14H2,1H3;1H. The number of carbonyl (C=O) groups excluding carboxylic acids is 1. The van der Waals surface area contributed by atoms with Crippen molar-refractivity contribution in [2.24, 2.45) is 11.8 Å². The quantitative estimate of drug-likeness (QED) is 0.459. The molecule has 0 unspecified atom stereocenters. The van der Waals surface area contributed by atoms with Crippen molar-refractivity contribution in [2.75, 3.05) is 13.2 Å². The van der Waals surface area contributed by atoms with Gasteiger partial charge in [0.05, 0.1) is 5.52 Å². The van der Waals surface area contributed by atoms with Crippen LogP contribution in [0.2, 0.25) is 0 Å². The van der Waals surface area contributed by atoms with E-state index in [0.29, 0.717) is 13.0 Å². The maximum Gasteiger partial charge on any atom is 0.163 e. The maximum absolute atomic E-state index is 12.6. The van der Waals surface area contributed by atoms with Crippen LogP contribution < -0.4 is 0 Å². The van der Waals surface area contributed by atoms with Gasteiger partial charge in [0.15, 0.2) is 5.78 Å². The van der Waals surface area contributed by atoms with Gasteiger partial charge in [0.2, 0.25) is 0 Å². The molecule has 0 amide bonds. The molecule has 142 valence electrons. The Morgan fingerprint density at radius 1 is 1.23 bits per heavy atom. The summed E-state index contributed by atoms with van der Waals surface area (Å²) in [6.07, 6.45) is 10.1. The number of aryl methyl sites for hydroxylation is 1. The predicted molar refractivity (Wildman–Crippen MR) is 106 cm³/mol. The molecular weight excluding hydrogens is 348 g/mol. The zero-order chi connectivity index (χ0) is 17.2. The largest absolute Gasteiger partial charge is 0.381 e. The molecule has 0 bridgehead atoms. The number of nitrogens with zero attached hydrogens (tertiary/aromatic N) is 2. The molecule has 0 spiro atoms. The van der Waals surface area contributed by atoms with Gasteiger partial charge in [-0.1, -0.05) is 6.42 Å². The summed E-state index contributed by atoms with van der Waals surface area (Å²) >= 11 is 0. The van der Waals surface area contributed by atoms with Crippen LogP contribution in [0.1, 0.15) is 60.9 Å². The highest BCUT2D eigenvalue weighted by Crippen LogP contribution is 2.30. The molecule has 1 heterocycles. The molecule has 5 heteroatoms. The van der Waals surface area contributed by atoms with E-state index in [9.17, 15) is 4.79 Å². The lowest BCUT2D eigenvalue weighted by atomic mass is 9.85. The van der Waals surface area contributed by atoms with Gasteiger partial charge in [-0.2, -0.15) is 5.10 Å². The van der Waals surface area contributed by atoms with E-state index in [4.69, 9.17) is 9.84 Å². The number of rotatable bonds is 9. The number of halogens is 1. The van der Waals surface area contributed by atoms with Crippen LogP contribution in [0.5, 0.6) is 0 Å². The van der Waals surface area contributed by atoms with Crippen LogP contribution >= 0.6 is 12.4 Å². The fourth-order valence-electron chi connectivity index (χ4n) is 3.62. The van der Waals surface area contributed by atoms with E-state index >= 15 is 0 Å². The number of benzene rings is 1. The van der Waals surface area contributed by atoms with Gasteiger partial charge in [0.25, 0.3) is 0 Å². The molecule has 0 atom stereocenters. The highest BCUT2D eigenvalue weighted by Gasteiger charge is 2.21. The summed E-state index contributed by atoms with van der Waals surface area (Å²) in [6.45, 7) is 4.63. The second-order valence-electron chi connectivity index (χ2n) is 7.86. The van der Waals surface area contributed by atoms with Crippen molar-refractivity contribution >= 4 is 29.1 Å². The lowest BCUT2D eigenvalue weighted by Gasteiger charge is -2.24. The van der Waals surface area contributed by atoms with E-state index in [2.05, 4.69) is 17.8 Å². The summed E-state index contributed by atoms with van der Waals surface area (Å²) in [5.74, 6) is 1.80. The third kappa shape index (κ3) is 4.47. The minimum absolute atomic E-state index is 0. The third-order valence-corrected chi connectivity index (χ3v) is 5.72. The van der Waals surface area contributed by atoms with E-state index in [1.165, 1.54) is 32.1 Å². The van der Waals surface area contributed by atoms with E-state index in [-0.39, 0.29) is 18.2 Å². The van der Waals surface area contributed by atoms with Crippen molar-refractivity contribution in [3.63, 3.8) is 0 Å². The second-order valence-corrected chi connectivity index (χ2v) is 7.86. The SMILES string of the molecule is Cc1c(C(=O)CCCOCC2CC2)ccc2nn(CC3CCC3)cc12.Cl. The van der Waals surface area contributed by atoms with E-state index < -0.39 is 0 Å². The minimum atomic E-state index is 0. The van der Waals surface area contributed by atoms with Crippen molar-refractivity contribution in [2.45, 2.75) is 58.4 Å². The minimum Gasteiger partial charge on any atom is -0.381 e. The number of hydrogen-bond donors (Lipinski definition) is 0. The Balaban J connectivity index is 0.00000196. The molecule has 2 aliphatic carbocycles. The first kappa shape index (κ1) is 19.4. The lowest BCUT2D eigenvalue weighted by molar-refractivity contribution is 0.0926. The second kappa shape index (κ2) is 8.53. The summed E-state index contributed by atoms with van der Waals surface area (Å²) < 4.78 is 7.71. The van der Waals surface area contributed by atoms with Crippen LogP contribution in [0.4, 0.5) is 0 Å². The molecule has 0 saturated heterocycles. The summed E-state index contributed by atoms with van der Waals surface area (Å²) in [7, 11) is 0. The predicted octanol–water partition coefficient (Wildman–Crippen LogP) is 4.96. The van der Waals surface area contributed by atoms with Gasteiger partial charge in [-0.25, -0.2) is 0 Å². The fourth-order valence-corrected chi connectivity index (χ4v) is 3.62. The van der Waals surface area contributed by atoms with Crippen LogP contribution in [0, 0.1) is 18.8 Å². The molecule has 2 aromatic rings. The zero-order valence-corrected chi connectivity index (χ0v) is 16.4. The van der Waals surface area contributed by atoms with E-state index in [1.54, 1.807) is 0 Å². The van der Waals surface area contributed by atoms with Crippen LogP contribution in [0.25, 0.3) is 10.9 Å².